The van der Waals surface area contributed by atoms with Crippen LogP contribution in [-0.4, -0.2) is 14.6 Å². The SMILES string of the molecule is Cc1cnc2c(c1)C(c1ccn3nccc3c1)=CC2. The lowest BCUT2D eigenvalue weighted by Gasteiger charge is -2.07. The molecule has 92 valence electrons. The third-order valence-corrected chi connectivity index (χ3v) is 3.61. The molecular weight excluding hydrogens is 234 g/mol. The van der Waals surface area contributed by atoms with E-state index in [-0.39, 0.29) is 0 Å². The molecule has 19 heavy (non-hydrogen) atoms. The van der Waals surface area contributed by atoms with E-state index in [9.17, 15) is 0 Å². The van der Waals surface area contributed by atoms with Crippen LogP contribution in [0, 0.1) is 6.92 Å². The van der Waals surface area contributed by atoms with Crippen LogP contribution in [-0.2, 0) is 6.42 Å². The molecule has 0 atom stereocenters. The molecule has 3 nitrogen and oxygen atoms in total. The first-order valence-corrected chi connectivity index (χ1v) is 6.41. The standard InChI is InChI=1S/C16H13N3/c1-11-8-15-14(2-3-16(15)17-10-11)12-5-7-19-13(9-12)4-6-18-19/h2,4-10H,3H2,1H3. The minimum absolute atomic E-state index is 0.926. The molecule has 0 aromatic carbocycles. The number of nitrogens with zero attached hydrogens (tertiary/aromatic N) is 3. The van der Waals surface area contributed by atoms with E-state index in [1.807, 2.05) is 29.2 Å². The fourth-order valence-corrected chi connectivity index (χ4v) is 2.66. The summed E-state index contributed by atoms with van der Waals surface area (Å²) >= 11 is 0. The number of fused-ring (bicyclic) bond motifs is 2. The van der Waals surface area contributed by atoms with Crippen LogP contribution in [0.2, 0.25) is 0 Å². The molecule has 0 spiro atoms. The van der Waals surface area contributed by atoms with Gasteiger partial charge in [-0.3, -0.25) is 4.98 Å². The third-order valence-electron chi connectivity index (χ3n) is 3.61. The summed E-state index contributed by atoms with van der Waals surface area (Å²) in [7, 11) is 0. The third kappa shape index (κ3) is 1.58. The Bertz CT molecular complexity index is 812. The van der Waals surface area contributed by atoms with Crippen molar-refractivity contribution in [3.8, 4) is 0 Å². The van der Waals surface area contributed by atoms with Crippen molar-refractivity contribution >= 4 is 11.1 Å². The van der Waals surface area contributed by atoms with Crippen molar-refractivity contribution in [3.05, 3.63) is 71.3 Å². The van der Waals surface area contributed by atoms with Gasteiger partial charge in [0.15, 0.2) is 0 Å². The van der Waals surface area contributed by atoms with Gasteiger partial charge in [0, 0.05) is 30.6 Å². The van der Waals surface area contributed by atoms with Crippen LogP contribution < -0.4 is 0 Å². The van der Waals surface area contributed by atoms with E-state index in [0.717, 1.165) is 11.9 Å². The van der Waals surface area contributed by atoms with Crippen LogP contribution >= 0.6 is 0 Å². The molecule has 3 aromatic heterocycles. The Kier molecular flexibility index (Phi) is 2.09. The Morgan fingerprint density at radius 2 is 2.16 bits per heavy atom. The zero-order chi connectivity index (χ0) is 12.8. The molecule has 0 amide bonds. The molecule has 0 aliphatic heterocycles. The lowest BCUT2D eigenvalue weighted by molar-refractivity contribution is 0.960. The minimum Gasteiger partial charge on any atom is -0.260 e. The maximum atomic E-state index is 4.52. The fraction of sp³-hybridized carbons (Fsp3) is 0.125. The van der Waals surface area contributed by atoms with Crippen molar-refractivity contribution in [2.45, 2.75) is 13.3 Å². The molecule has 4 rings (SSSR count). The largest absolute Gasteiger partial charge is 0.260 e. The number of allylic oxidation sites excluding steroid dienone is 1. The monoisotopic (exact) mass is 247 g/mol. The maximum Gasteiger partial charge on any atom is 0.0667 e. The highest BCUT2D eigenvalue weighted by Crippen LogP contribution is 2.32. The average molecular weight is 247 g/mol. The van der Waals surface area contributed by atoms with Gasteiger partial charge in [-0.2, -0.15) is 5.10 Å². The second-order valence-corrected chi connectivity index (χ2v) is 4.94. The molecule has 0 radical (unpaired) electrons. The van der Waals surface area contributed by atoms with Crippen LogP contribution in [0.4, 0.5) is 0 Å². The molecule has 0 fully saturated rings. The normalized spacial score (nSPS) is 13.6. The van der Waals surface area contributed by atoms with Gasteiger partial charge in [0.25, 0.3) is 0 Å². The molecule has 0 bridgehead atoms. The first kappa shape index (κ1) is 10.5. The summed E-state index contributed by atoms with van der Waals surface area (Å²) in [5, 5.41) is 4.23. The highest BCUT2D eigenvalue weighted by atomic mass is 15.2. The number of aryl methyl sites for hydroxylation is 1. The van der Waals surface area contributed by atoms with Gasteiger partial charge in [-0.05, 0) is 47.9 Å². The first-order valence-electron chi connectivity index (χ1n) is 6.41. The highest BCUT2D eigenvalue weighted by molar-refractivity contribution is 5.85. The lowest BCUT2D eigenvalue weighted by Crippen LogP contribution is -1.93. The van der Waals surface area contributed by atoms with Gasteiger partial charge < -0.3 is 0 Å². The second kappa shape index (κ2) is 3.79. The zero-order valence-electron chi connectivity index (χ0n) is 10.7. The molecule has 0 N–H and O–H groups in total. The number of pyridine rings is 2. The molecule has 3 heterocycles. The number of hydrogen-bond acceptors (Lipinski definition) is 2. The van der Waals surface area contributed by atoms with Crippen LogP contribution in [0.15, 0.2) is 48.9 Å². The molecule has 0 saturated heterocycles. The van der Waals surface area contributed by atoms with Crippen molar-refractivity contribution in [3.63, 3.8) is 0 Å². The average Bonchev–Trinajstić information content (AvgIpc) is 3.03. The van der Waals surface area contributed by atoms with Gasteiger partial charge >= 0.3 is 0 Å². The van der Waals surface area contributed by atoms with E-state index in [1.54, 1.807) is 0 Å². The van der Waals surface area contributed by atoms with E-state index in [4.69, 9.17) is 0 Å². The molecule has 1 aliphatic carbocycles. The number of rotatable bonds is 1. The van der Waals surface area contributed by atoms with Crippen molar-refractivity contribution in [1.29, 1.82) is 0 Å². The smallest absolute Gasteiger partial charge is 0.0667 e. The van der Waals surface area contributed by atoms with Gasteiger partial charge in [-0.25, -0.2) is 4.52 Å². The summed E-state index contributed by atoms with van der Waals surface area (Å²) in [6.45, 7) is 2.09. The van der Waals surface area contributed by atoms with Crippen molar-refractivity contribution in [2.24, 2.45) is 0 Å². The van der Waals surface area contributed by atoms with Gasteiger partial charge in [-0.1, -0.05) is 6.08 Å². The Labute approximate surface area is 111 Å². The van der Waals surface area contributed by atoms with Gasteiger partial charge in [0.1, 0.15) is 0 Å². The lowest BCUT2D eigenvalue weighted by atomic mass is 10.0. The Morgan fingerprint density at radius 3 is 3.11 bits per heavy atom. The van der Waals surface area contributed by atoms with E-state index < -0.39 is 0 Å². The number of aromatic nitrogens is 3. The molecule has 0 saturated carbocycles. The molecule has 3 heteroatoms. The Balaban J connectivity index is 1.88. The Hall–Kier alpha value is -2.42. The predicted octanol–water partition coefficient (Wildman–Crippen LogP) is 3.03. The van der Waals surface area contributed by atoms with Crippen LogP contribution in [0.3, 0.4) is 0 Å². The highest BCUT2D eigenvalue weighted by Gasteiger charge is 2.17. The summed E-state index contributed by atoms with van der Waals surface area (Å²) in [5.41, 5.74) is 7.29. The van der Waals surface area contributed by atoms with Crippen LogP contribution in [0.1, 0.15) is 22.4 Å². The first-order chi connectivity index (χ1) is 9.31. The Morgan fingerprint density at radius 1 is 1.21 bits per heavy atom. The van der Waals surface area contributed by atoms with E-state index in [2.05, 4.69) is 41.3 Å². The summed E-state index contributed by atoms with van der Waals surface area (Å²) in [5.74, 6) is 0. The van der Waals surface area contributed by atoms with Crippen LogP contribution in [0.5, 0.6) is 0 Å². The zero-order valence-corrected chi connectivity index (χ0v) is 10.7. The van der Waals surface area contributed by atoms with E-state index >= 15 is 0 Å². The predicted molar refractivity (Wildman–Crippen MR) is 74.9 cm³/mol. The summed E-state index contributed by atoms with van der Waals surface area (Å²) in [4.78, 5) is 4.52. The molecule has 0 unspecified atom stereocenters. The van der Waals surface area contributed by atoms with Crippen molar-refractivity contribution < 1.29 is 0 Å². The summed E-state index contributed by atoms with van der Waals surface area (Å²) in [6, 6.07) is 8.54. The van der Waals surface area contributed by atoms with Crippen molar-refractivity contribution in [1.82, 2.24) is 14.6 Å². The van der Waals surface area contributed by atoms with Gasteiger partial charge in [0.2, 0.25) is 0 Å². The fourth-order valence-electron chi connectivity index (χ4n) is 2.66. The molecular formula is C16H13N3. The minimum atomic E-state index is 0.926. The number of hydrogen-bond donors (Lipinski definition) is 0. The molecule has 3 aromatic rings. The molecule has 1 aliphatic rings. The maximum absolute atomic E-state index is 4.52. The second-order valence-electron chi connectivity index (χ2n) is 4.94. The van der Waals surface area contributed by atoms with Crippen LogP contribution in [0.25, 0.3) is 11.1 Å². The van der Waals surface area contributed by atoms with E-state index in [0.29, 0.717) is 0 Å². The van der Waals surface area contributed by atoms with Gasteiger partial charge in [0.05, 0.1) is 11.2 Å². The topological polar surface area (TPSA) is 30.2 Å². The van der Waals surface area contributed by atoms with E-state index in [1.165, 1.54) is 28.0 Å². The summed E-state index contributed by atoms with van der Waals surface area (Å²) in [6.07, 6.45) is 8.96. The van der Waals surface area contributed by atoms with Crippen molar-refractivity contribution in [2.75, 3.05) is 0 Å². The van der Waals surface area contributed by atoms with Gasteiger partial charge in [-0.15, -0.1) is 0 Å². The summed E-state index contributed by atoms with van der Waals surface area (Å²) < 4.78 is 1.88. The quantitative estimate of drug-likeness (QED) is 0.661.